The maximum atomic E-state index is 13.9. The summed E-state index contributed by atoms with van der Waals surface area (Å²) in [7, 11) is 0. The normalized spacial score (nSPS) is 11.6. The van der Waals surface area contributed by atoms with Crippen LogP contribution in [0.3, 0.4) is 0 Å². The van der Waals surface area contributed by atoms with Crippen molar-refractivity contribution in [3.63, 3.8) is 0 Å². The largest absolute Gasteiger partial charge is 0.465 e. The fourth-order valence-corrected chi connectivity index (χ4v) is 3.53. The van der Waals surface area contributed by atoms with Gasteiger partial charge in [0.05, 0.1) is 27.3 Å². The van der Waals surface area contributed by atoms with Crippen LogP contribution in [0.4, 0.5) is 10.1 Å². The first kappa shape index (κ1) is 19.4. The lowest BCUT2D eigenvalue weighted by atomic mass is 10.2. The number of thiazole rings is 1. The molecule has 0 bridgehead atoms. The van der Waals surface area contributed by atoms with E-state index in [1.807, 2.05) is 0 Å². The van der Waals surface area contributed by atoms with Gasteiger partial charge in [-0.1, -0.05) is 23.5 Å². The summed E-state index contributed by atoms with van der Waals surface area (Å²) in [5.41, 5.74) is -0.0316. The minimum atomic E-state index is -0.822. The van der Waals surface area contributed by atoms with E-state index in [1.54, 1.807) is 6.92 Å². The molecule has 0 fully saturated rings. The number of esters is 1. The molecule has 3 aromatic rings. The number of nitrogens with zero attached hydrogens (tertiary/aromatic N) is 3. The smallest absolute Gasteiger partial charge is 0.326 e. The predicted molar refractivity (Wildman–Crippen MR) is 99.4 cm³/mol. The third-order valence-electron chi connectivity index (χ3n) is 3.77. The van der Waals surface area contributed by atoms with Gasteiger partial charge >= 0.3 is 5.97 Å². The Morgan fingerprint density at radius 3 is 2.71 bits per heavy atom. The van der Waals surface area contributed by atoms with E-state index in [2.05, 4.69) is 4.99 Å². The van der Waals surface area contributed by atoms with Crippen LogP contribution in [0.2, 0.25) is 0 Å². The van der Waals surface area contributed by atoms with Gasteiger partial charge in [-0.05, 0) is 25.1 Å². The Balaban J connectivity index is 2.17. The van der Waals surface area contributed by atoms with Crippen LogP contribution < -0.4 is 4.80 Å². The molecule has 0 N–H and O–H groups in total. The Morgan fingerprint density at radius 1 is 1.29 bits per heavy atom. The summed E-state index contributed by atoms with van der Waals surface area (Å²) in [6, 6.07) is 9.51. The molecule has 0 unspecified atom stereocenters. The zero-order valence-corrected chi connectivity index (χ0v) is 15.4. The number of carbonyl (C=O) groups excluding carboxylic acids is 2. The molecular formula is C18H14FN3O5S. The predicted octanol–water partition coefficient (Wildman–Crippen LogP) is 3.05. The molecule has 1 heterocycles. The summed E-state index contributed by atoms with van der Waals surface area (Å²) in [6.07, 6.45) is 0. The molecule has 0 aliphatic carbocycles. The summed E-state index contributed by atoms with van der Waals surface area (Å²) in [4.78, 5) is 39.0. The first-order chi connectivity index (χ1) is 13.4. The van der Waals surface area contributed by atoms with Crippen molar-refractivity contribution in [1.82, 2.24) is 4.57 Å². The molecule has 0 saturated heterocycles. The lowest BCUT2D eigenvalue weighted by Crippen LogP contribution is -2.23. The van der Waals surface area contributed by atoms with Gasteiger partial charge < -0.3 is 9.30 Å². The van der Waals surface area contributed by atoms with Crippen LogP contribution in [0.5, 0.6) is 0 Å². The summed E-state index contributed by atoms with van der Waals surface area (Å²) < 4.78 is 20.7. The Morgan fingerprint density at radius 2 is 2.04 bits per heavy atom. The molecule has 144 valence electrons. The van der Waals surface area contributed by atoms with Gasteiger partial charge in [-0.25, -0.2) is 4.39 Å². The molecule has 10 heteroatoms. The van der Waals surface area contributed by atoms with Crippen molar-refractivity contribution in [2.24, 2.45) is 4.99 Å². The highest BCUT2D eigenvalue weighted by molar-refractivity contribution is 7.16. The molecule has 0 aliphatic heterocycles. The quantitative estimate of drug-likeness (QED) is 0.370. The molecule has 28 heavy (non-hydrogen) atoms. The first-order valence-electron chi connectivity index (χ1n) is 8.17. The lowest BCUT2D eigenvalue weighted by Gasteiger charge is -2.05. The van der Waals surface area contributed by atoms with E-state index in [4.69, 9.17) is 4.74 Å². The molecule has 8 nitrogen and oxygen atoms in total. The summed E-state index contributed by atoms with van der Waals surface area (Å²) in [6.45, 7) is 1.51. The van der Waals surface area contributed by atoms with Crippen LogP contribution in [-0.2, 0) is 16.1 Å². The summed E-state index contributed by atoms with van der Waals surface area (Å²) >= 11 is 1.06. The SMILES string of the molecule is CCOC(=O)Cn1c(=NC(=O)c2ccccc2F)sc2ccc([N+](=O)[O-])cc21. The van der Waals surface area contributed by atoms with Crippen LogP contribution in [0.25, 0.3) is 10.2 Å². The number of rotatable bonds is 5. The molecule has 0 spiro atoms. The van der Waals surface area contributed by atoms with Crippen molar-refractivity contribution in [2.45, 2.75) is 13.5 Å². The Bertz CT molecular complexity index is 1150. The van der Waals surface area contributed by atoms with Gasteiger partial charge in [-0.3, -0.25) is 19.7 Å². The number of benzene rings is 2. The highest BCUT2D eigenvalue weighted by Gasteiger charge is 2.17. The van der Waals surface area contributed by atoms with E-state index in [0.29, 0.717) is 10.2 Å². The fraction of sp³-hybridized carbons (Fsp3) is 0.167. The standard InChI is InChI=1S/C18H14FN3O5S/c1-2-27-16(23)10-21-14-9-11(22(25)26)7-8-15(14)28-18(21)20-17(24)12-5-3-4-6-13(12)19/h3-9H,2,10H2,1H3. The Kier molecular flexibility index (Phi) is 5.59. The van der Waals surface area contributed by atoms with Crippen LogP contribution in [-0.4, -0.2) is 28.0 Å². The molecule has 1 aromatic heterocycles. The van der Waals surface area contributed by atoms with Gasteiger partial charge in [0.15, 0.2) is 4.80 Å². The van der Waals surface area contributed by atoms with Crippen molar-refractivity contribution < 1.29 is 23.6 Å². The fourth-order valence-electron chi connectivity index (χ4n) is 2.53. The number of hydrogen-bond donors (Lipinski definition) is 0. The minimum absolute atomic E-state index is 0.108. The third kappa shape index (κ3) is 3.96. The van der Waals surface area contributed by atoms with Crippen molar-refractivity contribution in [3.05, 3.63) is 68.8 Å². The van der Waals surface area contributed by atoms with Gasteiger partial charge in [0.1, 0.15) is 12.4 Å². The molecule has 0 saturated carbocycles. The average molecular weight is 403 g/mol. The number of aromatic nitrogens is 1. The second-order valence-electron chi connectivity index (χ2n) is 5.58. The number of nitro groups is 1. The second-order valence-corrected chi connectivity index (χ2v) is 6.59. The zero-order valence-electron chi connectivity index (χ0n) is 14.6. The molecule has 0 atom stereocenters. The van der Waals surface area contributed by atoms with Crippen LogP contribution in [0.15, 0.2) is 47.5 Å². The topological polar surface area (TPSA) is 104 Å². The van der Waals surface area contributed by atoms with Gasteiger partial charge in [0.2, 0.25) is 0 Å². The number of fused-ring (bicyclic) bond motifs is 1. The van der Waals surface area contributed by atoms with E-state index in [-0.39, 0.29) is 29.2 Å². The molecule has 2 aromatic carbocycles. The summed E-state index contributed by atoms with van der Waals surface area (Å²) in [5, 5.41) is 11.1. The maximum absolute atomic E-state index is 13.9. The lowest BCUT2D eigenvalue weighted by molar-refractivity contribution is -0.384. The first-order valence-corrected chi connectivity index (χ1v) is 8.99. The van der Waals surface area contributed by atoms with Crippen molar-refractivity contribution in [1.29, 1.82) is 0 Å². The number of halogens is 1. The van der Waals surface area contributed by atoms with Gasteiger partial charge in [-0.15, -0.1) is 0 Å². The summed E-state index contributed by atoms with van der Waals surface area (Å²) in [5.74, 6) is -2.13. The molecule has 1 amide bonds. The van der Waals surface area contributed by atoms with E-state index < -0.39 is 22.6 Å². The molecular weight excluding hydrogens is 389 g/mol. The van der Waals surface area contributed by atoms with Crippen LogP contribution in [0.1, 0.15) is 17.3 Å². The molecule has 3 rings (SSSR count). The van der Waals surface area contributed by atoms with E-state index in [9.17, 15) is 24.1 Å². The van der Waals surface area contributed by atoms with Gasteiger partial charge in [-0.2, -0.15) is 4.99 Å². The molecule has 0 aliphatic rings. The van der Waals surface area contributed by atoms with E-state index in [1.165, 1.54) is 41.0 Å². The monoisotopic (exact) mass is 403 g/mol. The average Bonchev–Trinajstić information content (AvgIpc) is 2.98. The zero-order chi connectivity index (χ0) is 20.3. The number of hydrogen-bond acceptors (Lipinski definition) is 6. The number of ether oxygens (including phenoxy) is 1. The van der Waals surface area contributed by atoms with Crippen molar-refractivity contribution >= 4 is 39.1 Å². The third-order valence-corrected chi connectivity index (χ3v) is 4.83. The Hall–Kier alpha value is -3.40. The molecule has 0 radical (unpaired) electrons. The van der Waals surface area contributed by atoms with Crippen molar-refractivity contribution in [3.8, 4) is 0 Å². The second kappa shape index (κ2) is 8.09. The number of nitro benzene ring substituents is 1. The number of amides is 1. The van der Waals surface area contributed by atoms with Crippen LogP contribution in [0, 0.1) is 15.9 Å². The van der Waals surface area contributed by atoms with Gasteiger partial charge in [0, 0.05) is 12.1 Å². The van der Waals surface area contributed by atoms with Gasteiger partial charge in [0.25, 0.3) is 11.6 Å². The number of carbonyl (C=O) groups is 2. The number of non-ortho nitro benzene ring substituents is 1. The van der Waals surface area contributed by atoms with E-state index in [0.717, 1.165) is 17.4 Å². The van der Waals surface area contributed by atoms with Crippen LogP contribution >= 0.6 is 11.3 Å². The van der Waals surface area contributed by atoms with E-state index >= 15 is 0 Å². The maximum Gasteiger partial charge on any atom is 0.326 e. The minimum Gasteiger partial charge on any atom is -0.465 e. The highest BCUT2D eigenvalue weighted by atomic mass is 32.1. The van der Waals surface area contributed by atoms with Crippen molar-refractivity contribution in [2.75, 3.05) is 6.61 Å². The Labute approximate surface area is 161 Å². The highest BCUT2D eigenvalue weighted by Crippen LogP contribution is 2.23.